The molecule has 13 heavy (non-hydrogen) atoms. The molecule has 0 aliphatic carbocycles. The van der Waals surface area contributed by atoms with Gasteiger partial charge in [0.25, 0.3) is 0 Å². The van der Waals surface area contributed by atoms with Gasteiger partial charge in [-0.25, -0.2) is 4.39 Å². The second kappa shape index (κ2) is 4.20. The summed E-state index contributed by atoms with van der Waals surface area (Å²) in [7, 11) is 1.39. The first-order valence-electron chi connectivity index (χ1n) is 3.90. The number of rotatable bonds is 3. The molecule has 0 aliphatic rings. The molecule has 1 rings (SSSR count). The Morgan fingerprint density at radius 2 is 2.31 bits per heavy atom. The third kappa shape index (κ3) is 2.17. The van der Waals surface area contributed by atoms with Gasteiger partial charge >= 0.3 is 0 Å². The van der Waals surface area contributed by atoms with Crippen LogP contribution >= 0.6 is 0 Å². The van der Waals surface area contributed by atoms with E-state index in [4.69, 9.17) is 10.5 Å². The van der Waals surface area contributed by atoms with Gasteiger partial charge in [-0.2, -0.15) is 0 Å². The van der Waals surface area contributed by atoms with Crippen LogP contribution in [0.1, 0.15) is 11.7 Å². The van der Waals surface area contributed by atoms with Crippen LogP contribution in [0.25, 0.3) is 0 Å². The van der Waals surface area contributed by atoms with Gasteiger partial charge in [0.15, 0.2) is 11.6 Å². The highest BCUT2D eigenvalue weighted by Gasteiger charge is 2.08. The van der Waals surface area contributed by atoms with Crippen molar-refractivity contribution in [2.45, 2.75) is 6.10 Å². The summed E-state index contributed by atoms with van der Waals surface area (Å²) in [6.07, 6.45) is -0.819. The summed E-state index contributed by atoms with van der Waals surface area (Å²) in [5, 5.41) is 9.28. The van der Waals surface area contributed by atoms with Crippen molar-refractivity contribution in [2.75, 3.05) is 13.7 Å². The maximum atomic E-state index is 13.1. The Balaban J connectivity index is 2.95. The van der Waals surface area contributed by atoms with E-state index < -0.39 is 11.9 Å². The molecule has 0 amide bonds. The van der Waals surface area contributed by atoms with Crippen molar-refractivity contribution in [3.8, 4) is 5.75 Å². The molecule has 0 fully saturated rings. The quantitative estimate of drug-likeness (QED) is 0.733. The van der Waals surface area contributed by atoms with Crippen LogP contribution in [0.4, 0.5) is 4.39 Å². The Hall–Kier alpha value is -1.13. The minimum absolute atomic E-state index is 0.0752. The van der Waals surface area contributed by atoms with Crippen LogP contribution in [0.2, 0.25) is 0 Å². The zero-order chi connectivity index (χ0) is 9.84. The maximum Gasteiger partial charge on any atom is 0.165 e. The normalized spacial score (nSPS) is 12.6. The van der Waals surface area contributed by atoms with Crippen LogP contribution in [0.3, 0.4) is 0 Å². The van der Waals surface area contributed by atoms with E-state index in [1.54, 1.807) is 6.07 Å². The van der Waals surface area contributed by atoms with Gasteiger partial charge in [0, 0.05) is 6.54 Å². The molecule has 3 nitrogen and oxygen atoms in total. The van der Waals surface area contributed by atoms with Gasteiger partial charge < -0.3 is 15.6 Å². The fourth-order valence-electron chi connectivity index (χ4n) is 1.03. The number of halogens is 1. The average Bonchev–Trinajstić information content (AvgIpc) is 2.16. The predicted molar refractivity (Wildman–Crippen MR) is 47.0 cm³/mol. The second-order valence-corrected chi connectivity index (χ2v) is 2.65. The largest absolute Gasteiger partial charge is 0.494 e. The lowest BCUT2D eigenvalue weighted by Gasteiger charge is -2.09. The summed E-state index contributed by atoms with van der Waals surface area (Å²) >= 11 is 0. The van der Waals surface area contributed by atoms with Crippen LogP contribution in [0.5, 0.6) is 5.75 Å². The Labute approximate surface area is 75.9 Å². The summed E-state index contributed by atoms with van der Waals surface area (Å²) in [5.41, 5.74) is 5.68. The molecule has 1 unspecified atom stereocenters. The topological polar surface area (TPSA) is 55.5 Å². The highest BCUT2D eigenvalue weighted by Crippen LogP contribution is 2.21. The minimum atomic E-state index is -0.819. The van der Waals surface area contributed by atoms with Gasteiger partial charge in [0.1, 0.15) is 0 Å². The third-order valence-corrected chi connectivity index (χ3v) is 1.78. The van der Waals surface area contributed by atoms with E-state index in [2.05, 4.69) is 0 Å². The lowest BCUT2D eigenvalue weighted by Crippen LogP contribution is -2.11. The van der Waals surface area contributed by atoms with Crippen molar-refractivity contribution in [1.29, 1.82) is 0 Å². The first kappa shape index (κ1) is 9.95. The molecule has 1 aromatic carbocycles. The van der Waals surface area contributed by atoms with E-state index in [0.717, 1.165) is 0 Å². The molecule has 0 heterocycles. The third-order valence-electron chi connectivity index (χ3n) is 1.78. The molecule has 1 atom stereocenters. The molecule has 1 aromatic rings. The molecule has 0 saturated carbocycles. The van der Waals surface area contributed by atoms with Crippen molar-refractivity contribution in [3.05, 3.63) is 29.6 Å². The molecule has 0 saturated heterocycles. The lowest BCUT2D eigenvalue weighted by atomic mass is 10.1. The van der Waals surface area contributed by atoms with Gasteiger partial charge in [-0.15, -0.1) is 0 Å². The van der Waals surface area contributed by atoms with Crippen molar-refractivity contribution in [1.82, 2.24) is 0 Å². The maximum absolute atomic E-state index is 13.1. The van der Waals surface area contributed by atoms with E-state index in [-0.39, 0.29) is 12.3 Å². The highest BCUT2D eigenvalue weighted by atomic mass is 19.1. The van der Waals surface area contributed by atoms with E-state index in [0.29, 0.717) is 5.56 Å². The van der Waals surface area contributed by atoms with E-state index in [1.807, 2.05) is 0 Å². The summed E-state index contributed by atoms with van der Waals surface area (Å²) in [5.74, 6) is -0.333. The number of hydrogen-bond acceptors (Lipinski definition) is 3. The van der Waals surface area contributed by atoms with Gasteiger partial charge in [0.05, 0.1) is 13.2 Å². The SMILES string of the molecule is COc1ccc(C(O)CN)cc1F. The Morgan fingerprint density at radius 1 is 1.62 bits per heavy atom. The molecule has 0 aliphatic heterocycles. The number of aliphatic hydroxyl groups excluding tert-OH is 1. The number of aliphatic hydroxyl groups is 1. The van der Waals surface area contributed by atoms with Gasteiger partial charge in [-0.1, -0.05) is 6.07 Å². The Kier molecular flexibility index (Phi) is 3.22. The Morgan fingerprint density at radius 3 is 2.77 bits per heavy atom. The van der Waals surface area contributed by atoms with E-state index >= 15 is 0 Å². The van der Waals surface area contributed by atoms with Gasteiger partial charge in [-0.05, 0) is 17.7 Å². The van der Waals surface area contributed by atoms with Crippen molar-refractivity contribution < 1.29 is 14.2 Å². The van der Waals surface area contributed by atoms with Crippen LogP contribution in [0.15, 0.2) is 18.2 Å². The number of methoxy groups -OCH3 is 1. The van der Waals surface area contributed by atoms with E-state index in [1.165, 1.54) is 19.2 Å². The average molecular weight is 185 g/mol. The molecule has 0 bridgehead atoms. The minimum Gasteiger partial charge on any atom is -0.494 e. The number of nitrogens with two attached hydrogens (primary N) is 1. The predicted octanol–water partition coefficient (Wildman–Crippen LogP) is 0.826. The second-order valence-electron chi connectivity index (χ2n) is 2.65. The van der Waals surface area contributed by atoms with Crippen molar-refractivity contribution in [3.63, 3.8) is 0 Å². The summed E-state index contributed by atoms with van der Waals surface area (Å²) in [4.78, 5) is 0. The van der Waals surface area contributed by atoms with E-state index in [9.17, 15) is 9.50 Å². The van der Waals surface area contributed by atoms with Crippen LogP contribution < -0.4 is 10.5 Å². The summed E-state index contributed by atoms with van der Waals surface area (Å²) < 4.78 is 17.8. The lowest BCUT2D eigenvalue weighted by molar-refractivity contribution is 0.186. The number of hydrogen-bond donors (Lipinski definition) is 2. The molecule has 0 spiro atoms. The first-order valence-corrected chi connectivity index (χ1v) is 3.90. The molecule has 0 radical (unpaired) electrons. The Bertz CT molecular complexity index is 291. The van der Waals surface area contributed by atoms with Crippen molar-refractivity contribution >= 4 is 0 Å². The molecule has 3 N–H and O–H groups in total. The summed E-state index contributed by atoms with van der Waals surface area (Å²) in [6.45, 7) is 0.0752. The summed E-state index contributed by atoms with van der Waals surface area (Å²) in [6, 6.07) is 4.26. The molecule has 0 aromatic heterocycles. The monoisotopic (exact) mass is 185 g/mol. The molecule has 4 heteroatoms. The zero-order valence-electron chi connectivity index (χ0n) is 7.33. The van der Waals surface area contributed by atoms with Gasteiger partial charge in [-0.3, -0.25) is 0 Å². The van der Waals surface area contributed by atoms with Crippen LogP contribution in [-0.2, 0) is 0 Å². The van der Waals surface area contributed by atoms with Gasteiger partial charge in [0.2, 0.25) is 0 Å². The first-order chi connectivity index (χ1) is 6.19. The fraction of sp³-hybridized carbons (Fsp3) is 0.333. The highest BCUT2D eigenvalue weighted by molar-refractivity contribution is 5.30. The molecular formula is C9H12FNO2. The van der Waals surface area contributed by atoms with Crippen LogP contribution in [-0.4, -0.2) is 18.8 Å². The van der Waals surface area contributed by atoms with Crippen molar-refractivity contribution in [2.24, 2.45) is 5.73 Å². The standard InChI is InChI=1S/C9H12FNO2/c1-13-9-3-2-6(4-7(9)10)8(12)5-11/h2-4,8,12H,5,11H2,1H3. The molecular weight excluding hydrogens is 173 g/mol. The van der Waals surface area contributed by atoms with Crippen LogP contribution in [0, 0.1) is 5.82 Å². The molecule has 72 valence electrons. The fourth-order valence-corrected chi connectivity index (χ4v) is 1.03. The number of benzene rings is 1. The zero-order valence-corrected chi connectivity index (χ0v) is 7.33. The smallest absolute Gasteiger partial charge is 0.165 e. The number of ether oxygens (including phenoxy) is 1.